The van der Waals surface area contributed by atoms with Gasteiger partial charge < -0.3 is 9.47 Å². The molecule has 2 fully saturated rings. The molecule has 2 rings (SSSR count). The standard InChI is InChI=1S/C10H16O3/c1-2-3-4-7-5-8-9(12-7)6-10(11)13-8/h7-9H,2-6H2,1H3/t7-,8-,9-/m0/s1. The first-order chi connectivity index (χ1) is 6.29. The number of unbranched alkanes of at least 4 members (excludes halogenated alkanes) is 1. The van der Waals surface area contributed by atoms with Crippen molar-refractivity contribution < 1.29 is 14.3 Å². The highest BCUT2D eigenvalue weighted by atomic mass is 16.6. The molecule has 13 heavy (non-hydrogen) atoms. The van der Waals surface area contributed by atoms with Crippen LogP contribution in [0.1, 0.15) is 39.0 Å². The van der Waals surface area contributed by atoms with Crippen molar-refractivity contribution in [2.75, 3.05) is 0 Å². The van der Waals surface area contributed by atoms with Gasteiger partial charge in [0, 0.05) is 6.42 Å². The maximum Gasteiger partial charge on any atom is 0.308 e. The Morgan fingerprint density at radius 2 is 2.31 bits per heavy atom. The molecular weight excluding hydrogens is 168 g/mol. The maximum absolute atomic E-state index is 10.9. The van der Waals surface area contributed by atoms with E-state index in [1.165, 1.54) is 12.8 Å². The Morgan fingerprint density at radius 1 is 1.46 bits per heavy atom. The SMILES string of the molecule is CCCC[C@H]1C[C@@H]2OC(=O)C[C@@H]2O1. The highest BCUT2D eigenvalue weighted by Gasteiger charge is 2.43. The minimum atomic E-state index is -0.0936. The molecule has 0 radical (unpaired) electrons. The predicted molar refractivity (Wildman–Crippen MR) is 47.3 cm³/mol. The molecule has 0 spiro atoms. The molecule has 0 aromatic carbocycles. The fourth-order valence-corrected chi connectivity index (χ4v) is 2.10. The summed E-state index contributed by atoms with van der Waals surface area (Å²) in [6, 6.07) is 0. The van der Waals surface area contributed by atoms with Gasteiger partial charge in [0.05, 0.1) is 12.5 Å². The summed E-state index contributed by atoms with van der Waals surface area (Å²) in [7, 11) is 0. The number of hydrogen-bond donors (Lipinski definition) is 0. The Kier molecular flexibility index (Phi) is 2.54. The summed E-state index contributed by atoms with van der Waals surface area (Å²) >= 11 is 0. The van der Waals surface area contributed by atoms with Crippen LogP contribution in [0.15, 0.2) is 0 Å². The molecule has 2 saturated heterocycles. The second-order valence-corrected chi connectivity index (χ2v) is 3.91. The molecule has 74 valence electrons. The quantitative estimate of drug-likeness (QED) is 0.626. The van der Waals surface area contributed by atoms with E-state index in [1.54, 1.807) is 0 Å². The summed E-state index contributed by atoms with van der Waals surface area (Å²) in [4.78, 5) is 10.9. The zero-order valence-corrected chi connectivity index (χ0v) is 7.99. The van der Waals surface area contributed by atoms with Crippen molar-refractivity contribution in [3.8, 4) is 0 Å². The average Bonchev–Trinajstić information content (AvgIpc) is 2.57. The number of hydrogen-bond acceptors (Lipinski definition) is 3. The minimum absolute atomic E-state index is 0.0642. The summed E-state index contributed by atoms with van der Waals surface area (Å²) in [5.74, 6) is -0.0936. The van der Waals surface area contributed by atoms with Gasteiger partial charge in [-0.3, -0.25) is 4.79 Å². The molecular formula is C10H16O3. The van der Waals surface area contributed by atoms with Crippen LogP contribution < -0.4 is 0 Å². The van der Waals surface area contributed by atoms with Gasteiger partial charge in [-0.1, -0.05) is 19.8 Å². The largest absolute Gasteiger partial charge is 0.459 e. The normalized spacial score (nSPS) is 37.6. The van der Waals surface area contributed by atoms with Crippen molar-refractivity contribution in [3.63, 3.8) is 0 Å². The second-order valence-electron chi connectivity index (χ2n) is 3.91. The number of fused-ring (bicyclic) bond motifs is 1. The van der Waals surface area contributed by atoms with Gasteiger partial charge in [0.1, 0.15) is 12.2 Å². The van der Waals surface area contributed by atoms with Gasteiger partial charge in [-0.05, 0) is 6.42 Å². The maximum atomic E-state index is 10.9. The van der Waals surface area contributed by atoms with Gasteiger partial charge in [-0.15, -0.1) is 0 Å². The number of carbonyl (C=O) groups is 1. The average molecular weight is 184 g/mol. The van der Waals surface area contributed by atoms with E-state index in [0.717, 1.165) is 12.8 Å². The van der Waals surface area contributed by atoms with E-state index >= 15 is 0 Å². The molecule has 0 N–H and O–H groups in total. The number of ether oxygens (including phenoxy) is 2. The topological polar surface area (TPSA) is 35.5 Å². The Bertz CT molecular complexity index is 186. The monoisotopic (exact) mass is 184 g/mol. The van der Waals surface area contributed by atoms with Crippen molar-refractivity contribution in [1.29, 1.82) is 0 Å². The van der Waals surface area contributed by atoms with Crippen molar-refractivity contribution >= 4 is 5.97 Å². The highest BCUT2D eigenvalue weighted by molar-refractivity contribution is 5.72. The lowest BCUT2D eigenvalue weighted by Crippen LogP contribution is -2.13. The molecule has 3 atom stereocenters. The van der Waals surface area contributed by atoms with Gasteiger partial charge in [0.25, 0.3) is 0 Å². The van der Waals surface area contributed by atoms with E-state index in [0.29, 0.717) is 12.5 Å². The van der Waals surface area contributed by atoms with Crippen LogP contribution >= 0.6 is 0 Å². The van der Waals surface area contributed by atoms with Crippen LogP contribution in [0.3, 0.4) is 0 Å². The van der Waals surface area contributed by atoms with Crippen LogP contribution in [0.5, 0.6) is 0 Å². The fourth-order valence-electron chi connectivity index (χ4n) is 2.10. The Balaban J connectivity index is 1.80. The molecule has 0 aromatic heterocycles. The van der Waals surface area contributed by atoms with Crippen LogP contribution in [-0.2, 0) is 14.3 Å². The van der Waals surface area contributed by atoms with Crippen LogP contribution in [0.2, 0.25) is 0 Å². The van der Waals surface area contributed by atoms with Crippen molar-refractivity contribution in [1.82, 2.24) is 0 Å². The highest BCUT2D eigenvalue weighted by Crippen LogP contribution is 2.32. The van der Waals surface area contributed by atoms with E-state index in [2.05, 4.69) is 6.92 Å². The van der Waals surface area contributed by atoms with E-state index in [9.17, 15) is 4.79 Å². The summed E-state index contributed by atoms with van der Waals surface area (Å²) in [5, 5.41) is 0. The first kappa shape index (κ1) is 9.00. The lowest BCUT2D eigenvalue weighted by atomic mass is 10.1. The molecule has 3 nitrogen and oxygen atoms in total. The molecule has 0 unspecified atom stereocenters. The van der Waals surface area contributed by atoms with Crippen molar-refractivity contribution in [2.45, 2.75) is 57.3 Å². The molecule has 0 aliphatic carbocycles. The molecule has 0 amide bonds. The molecule has 2 aliphatic heterocycles. The third-order valence-electron chi connectivity index (χ3n) is 2.81. The minimum Gasteiger partial charge on any atom is -0.459 e. The molecule has 2 aliphatic rings. The number of carbonyl (C=O) groups excluding carboxylic acids is 1. The van der Waals surface area contributed by atoms with Crippen LogP contribution in [0, 0.1) is 0 Å². The lowest BCUT2D eigenvalue weighted by Gasteiger charge is -2.09. The Hall–Kier alpha value is -0.570. The van der Waals surface area contributed by atoms with E-state index in [4.69, 9.17) is 9.47 Å². The number of rotatable bonds is 3. The fraction of sp³-hybridized carbons (Fsp3) is 0.900. The third-order valence-corrected chi connectivity index (χ3v) is 2.81. The smallest absolute Gasteiger partial charge is 0.308 e. The first-order valence-electron chi connectivity index (χ1n) is 5.14. The lowest BCUT2D eigenvalue weighted by molar-refractivity contribution is -0.141. The zero-order chi connectivity index (χ0) is 9.26. The predicted octanol–water partition coefficient (Wildman–Crippen LogP) is 1.65. The van der Waals surface area contributed by atoms with Crippen molar-refractivity contribution in [3.05, 3.63) is 0 Å². The van der Waals surface area contributed by atoms with Gasteiger partial charge >= 0.3 is 5.97 Å². The molecule has 0 saturated carbocycles. The zero-order valence-electron chi connectivity index (χ0n) is 7.99. The Labute approximate surface area is 78.4 Å². The van der Waals surface area contributed by atoms with Gasteiger partial charge in [-0.2, -0.15) is 0 Å². The summed E-state index contributed by atoms with van der Waals surface area (Å²) in [5.41, 5.74) is 0. The molecule has 2 heterocycles. The second kappa shape index (κ2) is 3.66. The third kappa shape index (κ3) is 1.85. The molecule has 0 bridgehead atoms. The molecule has 0 aromatic rings. The summed E-state index contributed by atoms with van der Waals surface area (Å²) in [6.45, 7) is 2.18. The van der Waals surface area contributed by atoms with Crippen molar-refractivity contribution in [2.24, 2.45) is 0 Å². The van der Waals surface area contributed by atoms with Crippen LogP contribution in [-0.4, -0.2) is 24.3 Å². The van der Waals surface area contributed by atoms with E-state index in [1.807, 2.05) is 0 Å². The van der Waals surface area contributed by atoms with Crippen LogP contribution in [0.25, 0.3) is 0 Å². The summed E-state index contributed by atoms with van der Waals surface area (Å²) < 4.78 is 10.8. The Morgan fingerprint density at radius 3 is 3.00 bits per heavy atom. The molecule has 3 heteroatoms. The summed E-state index contributed by atoms with van der Waals surface area (Å²) in [6.07, 6.45) is 5.37. The first-order valence-corrected chi connectivity index (χ1v) is 5.14. The number of esters is 1. The van der Waals surface area contributed by atoms with E-state index < -0.39 is 0 Å². The van der Waals surface area contributed by atoms with E-state index in [-0.39, 0.29) is 18.2 Å². The van der Waals surface area contributed by atoms with Gasteiger partial charge in [0.15, 0.2) is 0 Å². The van der Waals surface area contributed by atoms with Gasteiger partial charge in [-0.25, -0.2) is 0 Å². The van der Waals surface area contributed by atoms with Gasteiger partial charge in [0.2, 0.25) is 0 Å². The van der Waals surface area contributed by atoms with Crippen LogP contribution in [0.4, 0.5) is 0 Å².